The van der Waals surface area contributed by atoms with Crippen molar-refractivity contribution in [2.45, 2.75) is 36.3 Å². The number of nitrogens with zero attached hydrogens (tertiary/aromatic N) is 1. The van der Waals surface area contributed by atoms with Crippen LogP contribution < -0.4 is 0 Å². The molecule has 5 atom stereocenters. The van der Waals surface area contributed by atoms with Gasteiger partial charge in [0, 0.05) is 23.5 Å². The van der Waals surface area contributed by atoms with Gasteiger partial charge in [-0.15, -0.1) is 0 Å². The van der Waals surface area contributed by atoms with Gasteiger partial charge in [-0.2, -0.15) is 8.42 Å². The number of para-hydroxylation sites is 1. The Labute approximate surface area is 175 Å². The van der Waals surface area contributed by atoms with Crippen molar-refractivity contribution < 1.29 is 47.9 Å². The zero-order valence-corrected chi connectivity index (χ0v) is 16.1. The maximum absolute atomic E-state index is 11.0. The summed E-state index contributed by atoms with van der Waals surface area (Å²) in [5, 5.41) is 42.6. The molecule has 0 radical (unpaired) electrons. The van der Waals surface area contributed by atoms with Crippen LogP contribution in [0.4, 0.5) is 0 Å². The number of H-pyrrole nitrogens is 1. The second-order valence-electron chi connectivity index (χ2n) is 6.04. The normalized spacial score (nSPS) is 30.5. The highest BCUT2D eigenvalue weighted by Crippen LogP contribution is 2.31. The number of benzene rings is 1. The quantitative estimate of drug-likeness (QED) is 0.108. The summed E-state index contributed by atoms with van der Waals surface area (Å²) in [5.74, 6) is 0. The Bertz CT molecular complexity index is 1170. The predicted molar refractivity (Wildman–Crippen MR) is 103 cm³/mol. The summed E-state index contributed by atoms with van der Waals surface area (Å²) in [6, 6.07) is -1.65. The Balaban J connectivity index is 1.98. The topological polar surface area (TPSA) is 182 Å². The molecule has 13 heteroatoms. The van der Waals surface area contributed by atoms with Gasteiger partial charge in [-0.25, -0.2) is 4.28 Å². The predicted octanol–water partition coefficient (Wildman–Crippen LogP) is -0.624. The van der Waals surface area contributed by atoms with Gasteiger partial charge in [0.2, 0.25) is 0 Å². The highest BCUT2D eigenvalue weighted by Gasteiger charge is 2.44. The van der Waals surface area contributed by atoms with E-state index in [2.05, 4.69) is 14.4 Å². The van der Waals surface area contributed by atoms with E-state index in [1.807, 2.05) is 0 Å². The monoisotopic (exact) mass is 454 g/mol. The molecule has 1 aliphatic rings. The fraction of sp³-hybridized carbons (Fsp3) is 0.438. The summed E-state index contributed by atoms with van der Waals surface area (Å²) in [7, 11) is -5.02. The fourth-order valence-electron chi connectivity index (χ4n) is 2.68. The molecule has 0 aliphatic carbocycles. The average molecular weight is 454 g/mol. The number of oxime groups is 1. The fourth-order valence-corrected chi connectivity index (χ4v) is 4.00. The number of thioether (sulfide) groups is 1. The molecule has 0 amide bonds. The first kappa shape index (κ1) is 17.0. The lowest BCUT2D eigenvalue weighted by Crippen LogP contribution is -2.57. The highest BCUT2D eigenvalue weighted by atomic mass is 34.1. The molecule has 11 nitrogen and oxygen atoms in total. The number of hydrogen-bond donors (Lipinski definition) is 6. The minimum Gasteiger partial charge on any atom is -0.394 e. The number of aromatic nitrogens is 1. The van der Waals surface area contributed by atoms with E-state index in [1.165, 1.54) is 6.20 Å². The molecular weight excluding hydrogens is 430 g/mol. The third-order valence-corrected chi connectivity index (χ3v) is 5.45. The summed E-state index contributed by atoms with van der Waals surface area (Å²) in [5.41, 5.74) is -1.03. The number of rotatable bonds is 6. The van der Waals surface area contributed by atoms with Crippen LogP contribution >= 0.6 is 11.8 Å². The minimum atomic E-state index is -5.02. The molecule has 160 valence electrons. The van der Waals surface area contributed by atoms with Crippen molar-refractivity contribution in [1.29, 1.82) is 0 Å². The molecule has 3 rings (SSSR count). The molecule has 2 aromatic rings. The van der Waals surface area contributed by atoms with Gasteiger partial charge in [-0.3, -0.25) is 4.55 Å². The minimum absolute atomic E-state index is 0.0869. The van der Waals surface area contributed by atoms with Gasteiger partial charge >= 0.3 is 10.4 Å². The van der Waals surface area contributed by atoms with Gasteiger partial charge in [-0.05, 0) is 11.6 Å². The van der Waals surface area contributed by atoms with Crippen LogP contribution in [0.2, 0.25) is 0 Å². The van der Waals surface area contributed by atoms with Gasteiger partial charge in [0.25, 0.3) is 0 Å². The molecule has 29 heavy (non-hydrogen) atoms. The van der Waals surface area contributed by atoms with E-state index in [9.17, 15) is 28.8 Å². The summed E-state index contributed by atoms with van der Waals surface area (Å²) in [4.78, 5) is 2.71. The van der Waals surface area contributed by atoms with Crippen molar-refractivity contribution in [2.75, 3.05) is 6.61 Å². The first-order chi connectivity index (χ1) is 15.4. The number of fused-ring (bicyclic) bond motifs is 1. The molecule has 0 unspecified atom stereocenters. The number of ether oxygens (including phenoxy) is 1. The molecule has 2 heterocycles. The summed E-state index contributed by atoms with van der Waals surface area (Å²) in [6.45, 7) is -0.700. The van der Waals surface area contributed by atoms with E-state index >= 15 is 0 Å². The number of aliphatic hydroxyl groups is 4. The molecule has 1 saturated heterocycles. The molecule has 1 aromatic heterocycles. The second-order valence-corrected chi connectivity index (χ2v) is 8.22. The van der Waals surface area contributed by atoms with E-state index in [0.717, 1.165) is 0 Å². The molecule has 6 N–H and O–H groups in total. The van der Waals surface area contributed by atoms with Crippen molar-refractivity contribution in [3.8, 4) is 0 Å². The largest absolute Gasteiger partial charge is 0.466 e. The number of hydrogen-bond acceptors (Lipinski definition) is 10. The van der Waals surface area contributed by atoms with Crippen LogP contribution in [0.25, 0.3) is 10.9 Å². The summed E-state index contributed by atoms with van der Waals surface area (Å²) in [6.07, 6.45) is -5.24. The molecule has 1 aromatic carbocycles. The Morgan fingerprint density at radius 3 is 2.69 bits per heavy atom. The van der Waals surface area contributed by atoms with E-state index in [4.69, 9.17) is 14.8 Å². The van der Waals surface area contributed by atoms with Crippen LogP contribution in [0.3, 0.4) is 0 Å². The lowest BCUT2D eigenvalue weighted by Gasteiger charge is -2.39. The first-order valence-electron chi connectivity index (χ1n) is 10.1. The Hall–Kier alpha value is -1.71. The van der Waals surface area contributed by atoms with E-state index in [1.54, 1.807) is 0 Å². The van der Waals surface area contributed by atoms with Crippen LogP contribution in [0.5, 0.6) is 0 Å². The summed E-state index contributed by atoms with van der Waals surface area (Å²) < 4.78 is 72.0. The maximum atomic E-state index is 11.0. The van der Waals surface area contributed by atoms with Crippen molar-refractivity contribution >= 4 is 38.1 Å². The van der Waals surface area contributed by atoms with Crippen LogP contribution in [0, 0.1) is 0 Å². The van der Waals surface area contributed by atoms with Crippen molar-refractivity contribution in [2.24, 2.45) is 5.16 Å². The van der Waals surface area contributed by atoms with Gasteiger partial charge < -0.3 is 30.1 Å². The van der Waals surface area contributed by atoms with Gasteiger partial charge in [0.15, 0.2) is 0 Å². The maximum Gasteiger partial charge on any atom is 0.466 e. The molecular formula is C16H20N2O9S2. The van der Waals surface area contributed by atoms with Crippen molar-refractivity contribution in [1.82, 2.24) is 4.98 Å². The number of aromatic amines is 1. The second kappa shape index (κ2) is 8.97. The lowest BCUT2D eigenvalue weighted by molar-refractivity contribution is -0.205. The van der Waals surface area contributed by atoms with Crippen molar-refractivity contribution in [3.63, 3.8) is 0 Å². The zero-order valence-electron chi connectivity index (χ0n) is 18.5. The number of aliphatic hydroxyl groups excluding tert-OH is 4. The Morgan fingerprint density at radius 2 is 2.00 bits per heavy atom. The zero-order chi connectivity index (χ0) is 24.7. The average Bonchev–Trinajstić information content (AvgIpc) is 3.17. The molecule has 0 spiro atoms. The lowest BCUT2D eigenvalue weighted by atomic mass is 10.0. The molecule has 0 saturated carbocycles. The molecule has 1 fully saturated rings. The van der Waals surface area contributed by atoms with Crippen molar-refractivity contribution in [3.05, 3.63) is 35.9 Å². The Morgan fingerprint density at radius 1 is 1.28 bits per heavy atom. The third-order valence-electron chi connectivity index (χ3n) is 4.07. The van der Waals surface area contributed by atoms with E-state index in [-0.39, 0.29) is 40.0 Å². The van der Waals surface area contributed by atoms with E-state index in [0.29, 0.717) is 11.8 Å². The van der Waals surface area contributed by atoms with Crippen LogP contribution in [0.15, 0.2) is 35.5 Å². The smallest absolute Gasteiger partial charge is 0.394 e. The molecule has 0 bridgehead atoms. The number of nitrogens with one attached hydrogen (secondary N) is 1. The van der Waals surface area contributed by atoms with Crippen LogP contribution in [-0.2, 0) is 25.8 Å². The molecule has 1 aliphatic heterocycles. The highest BCUT2D eigenvalue weighted by molar-refractivity contribution is 8.14. The van der Waals surface area contributed by atoms with Gasteiger partial charge in [0.05, 0.1) is 12.1 Å². The Kier molecular flexibility index (Phi) is 5.27. The summed E-state index contributed by atoms with van der Waals surface area (Å²) >= 11 is 0.553. The first-order valence-corrected chi connectivity index (χ1v) is 10.4. The third kappa shape index (κ3) is 5.26. The van der Waals surface area contributed by atoms with Crippen LogP contribution in [-0.4, -0.2) is 79.9 Å². The standard InChI is InChI=1S/C16H20N2O9S2/c19-7-11-13(20)14(21)15(22)16(26-11)28-12(18-27-29(23,24)25)5-8-6-17-10-4-2-1-3-9(8)10/h1-4,6,11,13-17,19-22H,5,7H2,(H,23,24,25)/b18-12+/t11-,13-,14+,15-,16+/m1/s1/i1D,2D,3D,4D,28+2. The van der Waals surface area contributed by atoms with Gasteiger partial charge in [0.1, 0.15) is 34.9 Å². The van der Waals surface area contributed by atoms with Crippen LogP contribution in [0.1, 0.15) is 11.0 Å². The van der Waals surface area contributed by atoms with E-state index < -0.39 is 58.9 Å². The SMILES string of the molecule is [2H]c1c([2H])c([2H])c2c(C/C(=N\OS(=O)(=O)O)[34S][C@@H]3O[C@H](CO)[C@@H](O)[C@H](O)[C@H]3O)c[nH]c2c1[2H]. The van der Waals surface area contributed by atoms with Gasteiger partial charge in [-0.1, -0.05) is 35.0 Å².